The van der Waals surface area contributed by atoms with Gasteiger partial charge in [-0.15, -0.1) is 0 Å². The number of aromatic nitrogens is 2. The molecule has 0 atom stereocenters. The van der Waals surface area contributed by atoms with Gasteiger partial charge < -0.3 is 4.90 Å². The summed E-state index contributed by atoms with van der Waals surface area (Å²) in [5.74, 6) is 0.200. The molecule has 0 N–H and O–H groups in total. The van der Waals surface area contributed by atoms with Crippen LogP contribution in [0.4, 0.5) is 5.69 Å². The molecular formula is C24H23N3O2S. The maximum absolute atomic E-state index is 13.1. The SMILES string of the molecule is CCN(C(=O)CSc1nc2ccccc2c(=O)n1CC)c1cccc2ccccc12. The molecule has 0 saturated carbocycles. The van der Waals surface area contributed by atoms with Crippen molar-refractivity contribution < 1.29 is 4.79 Å². The Morgan fingerprint density at radius 3 is 2.43 bits per heavy atom. The van der Waals surface area contributed by atoms with Crippen LogP contribution in [0.15, 0.2) is 76.7 Å². The molecule has 0 spiro atoms. The molecule has 30 heavy (non-hydrogen) atoms. The van der Waals surface area contributed by atoms with E-state index in [1.165, 1.54) is 11.8 Å². The van der Waals surface area contributed by atoms with Crippen molar-refractivity contribution in [3.05, 3.63) is 77.1 Å². The molecule has 5 nitrogen and oxygen atoms in total. The predicted octanol–water partition coefficient (Wildman–Crippen LogP) is 4.71. The standard InChI is InChI=1S/C24H23N3O2S/c1-3-26(21-15-9-11-17-10-5-6-12-18(17)21)22(28)16-30-24-25-20-14-8-7-13-19(20)23(29)27(24)4-2/h5-15H,3-4,16H2,1-2H3. The second kappa shape index (κ2) is 8.71. The molecule has 0 radical (unpaired) electrons. The minimum absolute atomic E-state index is 0.0103. The summed E-state index contributed by atoms with van der Waals surface area (Å²) in [4.78, 5) is 32.4. The van der Waals surface area contributed by atoms with Crippen molar-refractivity contribution >= 4 is 45.0 Å². The molecule has 0 aliphatic heterocycles. The molecular weight excluding hydrogens is 394 g/mol. The summed E-state index contributed by atoms with van der Waals surface area (Å²) in [6, 6.07) is 21.4. The monoisotopic (exact) mass is 417 g/mol. The van der Waals surface area contributed by atoms with E-state index in [0.29, 0.717) is 29.1 Å². The number of thioether (sulfide) groups is 1. The number of carbonyl (C=O) groups excluding carboxylic acids is 1. The van der Waals surface area contributed by atoms with E-state index in [9.17, 15) is 9.59 Å². The Labute approximate surface area is 179 Å². The number of carbonyl (C=O) groups is 1. The fourth-order valence-electron chi connectivity index (χ4n) is 3.67. The molecule has 0 fully saturated rings. The Morgan fingerprint density at radius 2 is 1.67 bits per heavy atom. The Balaban J connectivity index is 1.63. The van der Waals surface area contributed by atoms with Crippen LogP contribution in [0, 0.1) is 0 Å². The van der Waals surface area contributed by atoms with E-state index in [1.54, 1.807) is 15.5 Å². The number of amides is 1. The molecule has 0 unspecified atom stereocenters. The van der Waals surface area contributed by atoms with Gasteiger partial charge in [0.2, 0.25) is 5.91 Å². The number of fused-ring (bicyclic) bond motifs is 2. The molecule has 1 aromatic heterocycles. The molecule has 4 rings (SSSR count). The summed E-state index contributed by atoms with van der Waals surface area (Å²) in [5.41, 5.74) is 1.49. The van der Waals surface area contributed by atoms with Crippen LogP contribution in [0.2, 0.25) is 0 Å². The van der Waals surface area contributed by atoms with Crippen LogP contribution in [0.25, 0.3) is 21.7 Å². The fraction of sp³-hybridized carbons (Fsp3) is 0.208. The van der Waals surface area contributed by atoms with Crippen LogP contribution in [0.3, 0.4) is 0 Å². The van der Waals surface area contributed by atoms with Gasteiger partial charge in [0.25, 0.3) is 5.56 Å². The summed E-state index contributed by atoms with van der Waals surface area (Å²) < 4.78 is 1.63. The van der Waals surface area contributed by atoms with Gasteiger partial charge in [0.1, 0.15) is 0 Å². The number of nitrogens with zero attached hydrogens (tertiary/aromatic N) is 3. The molecule has 4 aromatic rings. The summed E-state index contributed by atoms with van der Waals surface area (Å²) >= 11 is 1.31. The average Bonchev–Trinajstić information content (AvgIpc) is 2.78. The van der Waals surface area contributed by atoms with Crippen molar-refractivity contribution in [2.75, 3.05) is 17.2 Å². The fourth-order valence-corrected chi connectivity index (χ4v) is 4.60. The van der Waals surface area contributed by atoms with E-state index < -0.39 is 0 Å². The van der Waals surface area contributed by atoms with E-state index in [2.05, 4.69) is 4.98 Å². The van der Waals surface area contributed by atoms with E-state index in [0.717, 1.165) is 16.5 Å². The van der Waals surface area contributed by atoms with E-state index in [-0.39, 0.29) is 17.2 Å². The largest absolute Gasteiger partial charge is 0.311 e. The maximum Gasteiger partial charge on any atom is 0.262 e. The van der Waals surface area contributed by atoms with Gasteiger partial charge in [0, 0.05) is 18.5 Å². The summed E-state index contributed by atoms with van der Waals surface area (Å²) in [7, 11) is 0. The Morgan fingerprint density at radius 1 is 0.967 bits per heavy atom. The normalized spacial score (nSPS) is 11.1. The van der Waals surface area contributed by atoms with Crippen molar-refractivity contribution in [1.82, 2.24) is 9.55 Å². The number of benzene rings is 3. The molecule has 6 heteroatoms. The van der Waals surface area contributed by atoms with Gasteiger partial charge in [-0.25, -0.2) is 4.98 Å². The lowest BCUT2D eigenvalue weighted by molar-refractivity contribution is -0.116. The lowest BCUT2D eigenvalue weighted by atomic mass is 10.1. The maximum atomic E-state index is 13.1. The highest BCUT2D eigenvalue weighted by molar-refractivity contribution is 7.99. The molecule has 0 saturated heterocycles. The smallest absolute Gasteiger partial charge is 0.262 e. The number of anilines is 1. The Hall–Kier alpha value is -3.12. The van der Waals surface area contributed by atoms with Crippen LogP contribution in [-0.2, 0) is 11.3 Å². The first kappa shape index (κ1) is 20.2. The zero-order valence-corrected chi connectivity index (χ0v) is 17.9. The van der Waals surface area contributed by atoms with Gasteiger partial charge in [-0.3, -0.25) is 14.2 Å². The van der Waals surface area contributed by atoms with Crippen molar-refractivity contribution in [3.8, 4) is 0 Å². The summed E-state index contributed by atoms with van der Waals surface area (Å²) in [6.07, 6.45) is 0. The Kier molecular flexibility index (Phi) is 5.86. The molecule has 152 valence electrons. The van der Waals surface area contributed by atoms with Crippen molar-refractivity contribution in [1.29, 1.82) is 0 Å². The molecule has 1 heterocycles. The van der Waals surface area contributed by atoms with Crippen molar-refractivity contribution in [2.24, 2.45) is 0 Å². The zero-order valence-electron chi connectivity index (χ0n) is 17.0. The van der Waals surface area contributed by atoms with Gasteiger partial charge in [0.15, 0.2) is 5.16 Å². The summed E-state index contributed by atoms with van der Waals surface area (Å²) in [5, 5.41) is 3.32. The number of para-hydroxylation sites is 1. The van der Waals surface area contributed by atoms with E-state index >= 15 is 0 Å². The second-order valence-corrected chi connectivity index (χ2v) is 7.83. The van der Waals surface area contributed by atoms with E-state index in [4.69, 9.17) is 0 Å². The van der Waals surface area contributed by atoms with Gasteiger partial charge >= 0.3 is 0 Å². The highest BCUT2D eigenvalue weighted by atomic mass is 32.2. The molecule has 0 bridgehead atoms. The number of rotatable bonds is 6. The number of hydrogen-bond donors (Lipinski definition) is 0. The van der Waals surface area contributed by atoms with Crippen LogP contribution in [0.5, 0.6) is 0 Å². The minimum atomic E-state index is -0.0700. The number of hydrogen-bond acceptors (Lipinski definition) is 4. The topological polar surface area (TPSA) is 55.2 Å². The molecule has 0 aliphatic carbocycles. The zero-order chi connectivity index (χ0) is 21.1. The van der Waals surface area contributed by atoms with Gasteiger partial charge in [-0.05, 0) is 37.4 Å². The van der Waals surface area contributed by atoms with Gasteiger partial charge in [-0.1, -0.05) is 60.3 Å². The van der Waals surface area contributed by atoms with Crippen LogP contribution >= 0.6 is 11.8 Å². The first-order chi connectivity index (χ1) is 14.6. The highest BCUT2D eigenvalue weighted by Crippen LogP contribution is 2.28. The molecule has 0 aliphatic rings. The van der Waals surface area contributed by atoms with Crippen molar-refractivity contribution in [2.45, 2.75) is 25.5 Å². The third-order valence-corrected chi connectivity index (χ3v) is 6.10. The van der Waals surface area contributed by atoms with Crippen LogP contribution in [-0.4, -0.2) is 27.8 Å². The van der Waals surface area contributed by atoms with Gasteiger partial charge in [-0.2, -0.15) is 0 Å². The molecule has 1 amide bonds. The third kappa shape index (κ3) is 3.71. The lowest BCUT2D eigenvalue weighted by Crippen LogP contribution is -2.32. The Bertz CT molecular complexity index is 1280. The van der Waals surface area contributed by atoms with Crippen molar-refractivity contribution in [3.63, 3.8) is 0 Å². The van der Waals surface area contributed by atoms with E-state index in [1.807, 2.05) is 74.5 Å². The first-order valence-corrected chi connectivity index (χ1v) is 11.0. The third-order valence-electron chi connectivity index (χ3n) is 5.14. The highest BCUT2D eigenvalue weighted by Gasteiger charge is 2.18. The van der Waals surface area contributed by atoms with Crippen LogP contribution in [0.1, 0.15) is 13.8 Å². The minimum Gasteiger partial charge on any atom is -0.311 e. The quantitative estimate of drug-likeness (QED) is 0.337. The van der Waals surface area contributed by atoms with Crippen LogP contribution < -0.4 is 10.5 Å². The summed E-state index contributed by atoms with van der Waals surface area (Å²) in [6.45, 7) is 4.96. The lowest BCUT2D eigenvalue weighted by Gasteiger charge is -2.23. The van der Waals surface area contributed by atoms with Gasteiger partial charge in [0.05, 0.1) is 22.3 Å². The molecule has 3 aromatic carbocycles. The average molecular weight is 418 g/mol. The predicted molar refractivity (Wildman–Crippen MR) is 124 cm³/mol. The first-order valence-electron chi connectivity index (χ1n) is 10.0. The second-order valence-electron chi connectivity index (χ2n) is 6.89.